The monoisotopic (exact) mass is 511 g/mol. The van der Waals surface area contributed by atoms with Crippen LogP contribution in [0.15, 0.2) is 33.4 Å². The molecule has 0 bridgehead atoms. The Labute approximate surface area is 190 Å². The maximum absolute atomic E-state index is 13.0. The lowest BCUT2D eigenvalue weighted by Crippen LogP contribution is -2.51. The van der Waals surface area contributed by atoms with Crippen molar-refractivity contribution in [3.8, 4) is 0 Å². The lowest BCUT2D eigenvalue weighted by atomic mass is 10.0. The minimum absolute atomic E-state index is 0.0704. The number of nitrogens with two attached hydrogens (primary N) is 1. The molecule has 31 heavy (non-hydrogen) atoms. The van der Waals surface area contributed by atoms with Crippen molar-refractivity contribution in [2.75, 3.05) is 42.1 Å². The van der Waals surface area contributed by atoms with E-state index in [0.717, 1.165) is 42.3 Å². The quantitative estimate of drug-likeness (QED) is 0.632. The third-order valence-electron chi connectivity index (χ3n) is 5.89. The highest BCUT2D eigenvalue weighted by Crippen LogP contribution is 2.31. The summed E-state index contributed by atoms with van der Waals surface area (Å²) in [6.07, 6.45) is 5.88. The number of rotatable bonds is 5. The largest absolute Gasteiger partial charge is 0.431 e. The first-order chi connectivity index (χ1) is 14.8. The van der Waals surface area contributed by atoms with E-state index in [0.29, 0.717) is 31.9 Å². The number of sulfonamides is 1. The van der Waals surface area contributed by atoms with Crippen molar-refractivity contribution in [3.63, 3.8) is 0 Å². The number of nitrogens with zero attached hydrogens (tertiary/aromatic N) is 3. The van der Waals surface area contributed by atoms with Crippen LogP contribution in [0.4, 0.5) is 17.4 Å². The molecule has 168 valence electrons. The van der Waals surface area contributed by atoms with E-state index in [1.807, 2.05) is 18.2 Å². The lowest BCUT2D eigenvalue weighted by molar-refractivity contribution is 0.102. The Morgan fingerprint density at radius 1 is 1.16 bits per heavy atom. The van der Waals surface area contributed by atoms with Gasteiger partial charge >= 0.3 is 0 Å². The molecule has 1 aromatic heterocycles. The highest BCUT2D eigenvalue weighted by atomic mass is 79.9. The van der Waals surface area contributed by atoms with Crippen molar-refractivity contribution >= 4 is 49.2 Å². The van der Waals surface area contributed by atoms with Crippen molar-refractivity contribution in [2.45, 2.75) is 37.4 Å². The van der Waals surface area contributed by atoms with Gasteiger partial charge in [-0.05, 0) is 47.0 Å². The molecule has 0 atom stereocenters. The summed E-state index contributed by atoms with van der Waals surface area (Å²) in [6, 6.07) is 5.59. The molecule has 9 nitrogen and oxygen atoms in total. The summed E-state index contributed by atoms with van der Waals surface area (Å²) in [6.45, 7) is 2.13. The van der Waals surface area contributed by atoms with Crippen LogP contribution in [-0.4, -0.2) is 55.0 Å². The minimum atomic E-state index is -3.23. The first-order valence-electron chi connectivity index (χ1n) is 10.4. The van der Waals surface area contributed by atoms with Crippen LogP contribution >= 0.6 is 15.9 Å². The van der Waals surface area contributed by atoms with E-state index in [1.165, 1.54) is 6.26 Å². The Balaban J connectivity index is 1.41. The van der Waals surface area contributed by atoms with Gasteiger partial charge in [-0.15, -0.1) is 0 Å². The Morgan fingerprint density at radius 3 is 2.52 bits per heavy atom. The number of halogens is 1. The fourth-order valence-corrected chi connectivity index (χ4v) is 6.53. The molecule has 0 spiro atoms. The van der Waals surface area contributed by atoms with Crippen LogP contribution in [0.3, 0.4) is 0 Å². The van der Waals surface area contributed by atoms with Gasteiger partial charge in [0.05, 0.1) is 10.9 Å². The van der Waals surface area contributed by atoms with Crippen LogP contribution in [0.5, 0.6) is 0 Å². The van der Waals surface area contributed by atoms with Crippen LogP contribution < -0.4 is 16.0 Å². The standard InChI is InChI=1S/C20H26BrN5O4S/c21-16-7-6-14(12-17(16)23-19(27)18-13-30-20(22)24-18)25-8-10-26(11-9-25)31(28,29)15-4-2-1-3-5-15/h6-7,12-13,15H,1-5,8-11H2,(H2,22,24)(H,23,27). The predicted molar refractivity (Wildman–Crippen MR) is 123 cm³/mol. The predicted octanol–water partition coefficient (Wildman–Crippen LogP) is 3.06. The molecule has 2 aliphatic rings. The maximum Gasteiger partial charge on any atom is 0.292 e. The van der Waals surface area contributed by atoms with Gasteiger partial charge in [-0.2, -0.15) is 9.29 Å². The Morgan fingerprint density at radius 2 is 1.87 bits per heavy atom. The summed E-state index contributed by atoms with van der Waals surface area (Å²) in [7, 11) is -3.23. The fraction of sp³-hybridized carbons (Fsp3) is 0.500. The van der Waals surface area contributed by atoms with Gasteiger partial charge in [-0.25, -0.2) is 8.42 Å². The molecule has 1 amide bonds. The van der Waals surface area contributed by atoms with Gasteiger partial charge in [0.2, 0.25) is 10.0 Å². The van der Waals surface area contributed by atoms with Gasteiger partial charge in [0.15, 0.2) is 5.69 Å². The lowest BCUT2D eigenvalue weighted by Gasteiger charge is -2.37. The molecular weight excluding hydrogens is 486 g/mol. The van der Waals surface area contributed by atoms with Crippen molar-refractivity contribution in [1.29, 1.82) is 0 Å². The second-order valence-electron chi connectivity index (χ2n) is 7.88. The molecule has 2 heterocycles. The Kier molecular flexibility index (Phi) is 6.54. The van der Waals surface area contributed by atoms with Crippen LogP contribution in [0.2, 0.25) is 0 Å². The Bertz CT molecular complexity index is 1040. The third-order valence-corrected chi connectivity index (χ3v) is 8.98. The minimum Gasteiger partial charge on any atom is -0.431 e. The average molecular weight is 512 g/mol. The summed E-state index contributed by atoms with van der Waals surface area (Å²) < 4.78 is 33.2. The van der Waals surface area contributed by atoms with E-state index in [4.69, 9.17) is 10.2 Å². The van der Waals surface area contributed by atoms with E-state index >= 15 is 0 Å². The molecule has 3 N–H and O–H groups in total. The number of hydrogen-bond donors (Lipinski definition) is 2. The van der Waals surface area contributed by atoms with Crippen molar-refractivity contribution < 1.29 is 17.6 Å². The first kappa shape index (κ1) is 22.1. The molecule has 0 unspecified atom stereocenters. The SMILES string of the molecule is Nc1nc(C(=O)Nc2cc(N3CCN(S(=O)(=O)C4CCCCC4)CC3)ccc2Br)co1. The van der Waals surface area contributed by atoms with Crippen LogP contribution in [-0.2, 0) is 10.0 Å². The van der Waals surface area contributed by atoms with Gasteiger partial charge < -0.3 is 20.4 Å². The number of hydrogen-bond acceptors (Lipinski definition) is 7. The van der Waals surface area contributed by atoms with Gasteiger partial charge in [0, 0.05) is 36.3 Å². The molecule has 4 rings (SSSR count). The molecular formula is C20H26BrN5O4S. The second-order valence-corrected chi connectivity index (χ2v) is 10.9. The number of amides is 1. The van der Waals surface area contributed by atoms with Gasteiger partial charge in [-0.3, -0.25) is 4.79 Å². The topological polar surface area (TPSA) is 122 Å². The van der Waals surface area contributed by atoms with E-state index in [9.17, 15) is 13.2 Å². The van der Waals surface area contributed by atoms with Crippen molar-refractivity contribution in [1.82, 2.24) is 9.29 Å². The number of carbonyl (C=O) groups excluding carboxylic acids is 1. The highest BCUT2D eigenvalue weighted by Gasteiger charge is 2.34. The normalized spacial score (nSPS) is 18.8. The Hall–Kier alpha value is -2.11. The molecule has 1 aromatic carbocycles. The van der Waals surface area contributed by atoms with E-state index in [1.54, 1.807) is 4.31 Å². The highest BCUT2D eigenvalue weighted by molar-refractivity contribution is 9.10. The molecule has 11 heteroatoms. The smallest absolute Gasteiger partial charge is 0.292 e. The van der Waals surface area contributed by atoms with Crippen LogP contribution in [0.25, 0.3) is 0 Å². The summed E-state index contributed by atoms with van der Waals surface area (Å²) in [4.78, 5) is 18.3. The van der Waals surface area contributed by atoms with E-state index in [-0.39, 0.29) is 17.0 Å². The van der Waals surface area contributed by atoms with Crippen LogP contribution in [0, 0.1) is 0 Å². The first-order valence-corrected chi connectivity index (χ1v) is 12.7. The van der Waals surface area contributed by atoms with E-state index < -0.39 is 15.9 Å². The number of carbonyl (C=O) groups is 1. The molecule has 1 aliphatic heterocycles. The molecule has 0 radical (unpaired) electrons. The number of anilines is 3. The number of aromatic nitrogens is 1. The summed E-state index contributed by atoms with van der Waals surface area (Å²) in [5, 5.41) is 2.57. The van der Waals surface area contributed by atoms with Crippen molar-refractivity contribution in [3.05, 3.63) is 34.6 Å². The molecule has 2 aromatic rings. The molecule has 1 saturated heterocycles. The number of benzene rings is 1. The zero-order chi connectivity index (χ0) is 22.0. The van der Waals surface area contributed by atoms with Gasteiger partial charge in [0.1, 0.15) is 6.26 Å². The van der Waals surface area contributed by atoms with Gasteiger partial charge in [0.25, 0.3) is 11.9 Å². The summed E-state index contributed by atoms with van der Waals surface area (Å²) in [5.41, 5.74) is 7.02. The number of piperazine rings is 1. The van der Waals surface area contributed by atoms with Crippen molar-refractivity contribution in [2.24, 2.45) is 0 Å². The van der Waals surface area contributed by atoms with Gasteiger partial charge in [-0.1, -0.05) is 19.3 Å². The number of oxazole rings is 1. The zero-order valence-corrected chi connectivity index (χ0v) is 19.5. The van der Waals surface area contributed by atoms with Crippen LogP contribution in [0.1, 0.15) is 42.6 Å². The summed E-state index contributed by atoms with van der Waals surface area (Å²) in [5.74, 6) is -0.429. The zero-order valence-electron chi connectivity index (χ0n) is 17.1. The number of nitrogen functional groups attached to an aromatic ring is 1. The fourth-order valence-electron chi connectivity index (χ4n) is 4.16. The molecule has 2 fully saturated rings. The molecule has 1 saturated carbocycles. The number of nitrogens with one attached hydrogen (secondary N) is 1. The molecule has 1 aliphatic carbocycles. The third kappa shape index (κ3) is 4.88. The average Bonchev–Trinajstić information content (AvgIpc) is 3.22. The summed E-state index contributed by atoms with van der Waals surface area (Å²) >= 11 is 3.45. The maximum atomic E-state index is 13.0. The van der Waals surface area contributed by atoms with E-state index in [2.05, 4.69) is 31.1 Å². The second kappa shape index (κ2) is 9.17.